The number of hydrogen-bond donors (Lipinski definition) is 0. The van der Waals surface area contributed by atoms with Gasteiger partial charge in [-0.15, -0.1) is 0 Å². The van der Waals surface area contributed by atoms with Crippen molar-refractivity contribution in [1.82, 2.24) is 9.78 Å². The second-order valence-electron chi connectivity index (χ2n) is 2.96. The van der Waals surface area contributed by atoms with Crippen LogP contribution in [0.2, 0.25) is 5.15 Å². The minimum absolute atomic E-state index is 0.0633. The van der Waals surface area contributed by atoms with Crippen LogP contribution in [0.5, 0.6) is 0 Å². The maximum atomic E-state index is 10.8. The zero-order valence-electron chi connectivity index (χ0n) is 7.49. The van der Waals surface area contributed by atoms with Gasteiger partial charge in [0.25, 0.3) is 0 Å². The van der Waals surface area contributed by atoms with Crippen molar-refractivity contribution in [3.63, 3.8) is 0 Å². The SMILES string of the molecule is Cc1cc(Cl)n(CCS(C)(=O)=O)n1. The molecule has 0 aromatic carbocycles. The number of halogens is 1. The lowest BCUT2D eigenvalue weighted by atomic mass is 10.5. The second-order valence-corrected chi connectivity index (χ2v) is 5.61. The summed E-state index contributed by atoms with van der Waals surface area (Å²) in [6, 6.07) is 1.70. The van der Waals surface area contributed by atoms with E-state index in [1.165, 1.54) is 10.9 Å². The first kappa shape index (κ1) is 10.5. The topological polar surface area (TPSA) is 52.0 Å². The molecule has 74 valence electrons. The molecule has 0 spiro atoms. The number of nitrogens with zero attached hydrogens (tertiary/aromatic N) is 2. The predicted molar refractivity (Wildman–Crippen MR) is 51.7 cm³/mol. The fourth-order valence-corrected chi connectivity index (χ4v) is 1.71. The zero-order valence-corrected chi connectivity index (χ0v) is 9.06. The smallest absolute Gasteiger partial charge is 0.149 e. The van der Waals surface area contributed by atoms with E-state index >= 15 is 0 Å². The molecule has 6 heteroatoms. The van der Waals surface area contributed by atoms with Gasteiger partial charge in [0.15, 0.2) is 0 Å². The molecule has 0 N–H and O–H groups in total. The third-order valence-corrected chi connectivity index (χ3v) is 2.76. The Morgan fingerprint density at radius 1 is 1.62 bits per heavy atom. The highest BCUT2D eigenvalue weighted by Crippen LogP contribution is 2.09. The van der Waals surface area contributed by atoms with Crippen LogP contribution in [0.3, 0.4) is 0 Å². The monoisotopic (exact) mass is 222 g/mol. The molecule has 0 unspecified atom stereocenters. The lowest BCUT2D eigenvalue weighted by molar-refractivity contribution is 0.585. The summed E-state index contributed by atoms with van der Waals surface area (Å²) in [5.41, 5.74) is 0.790. The number of aromatic nitrogens is 2. The van der Waals surface area contributed by atoms with Crippen molar-refractivity contribution >= 4 is 21.4 Å². The lowest BCUT2D eigenvalue weighted by Crippen LogP contribution is -2.12. The van der Waals surface area contributed by atoms with E-state index in [0.29, 0.717) is 11.7 Å². The van der Waals surface area contributed by atoms with Gasteiger partial charge in [-0.3, -0.25) is 4.68 Å². The first-order valence-electron chi connectivity index (χ1n) is 3.76. The minimum atomic E-state index is -2.95. The largest absolute Gasteiger partial charge is 0.253 e. The fraction of sp³-hybridized carbons (Fsp3) is 0.571. The molecule has 0 atom stereocenters. The van der Waals surface area contributed by atoms with Gasteiger partial charge in [0.05, 0.1) is 18.0 Å². The Morgan fingerprint density at radius 2 is 2.23 bits per heavy atom. The lowest BCUT2D eigenvalue weighted by Gasteiger charge is -2.00. The van der Waals surface area contributed by atoms with Crippen LogP contribution in [0.25, 0.3) is 0 Å². The van der Waals surface area contributed by atoms with Crippen LogP contribution in [-0.4, -0.2) is 30.2 Å². The Labute approximate surface area is 82.4 Å². The number of hydrogen-bond acceptors (Lipinski definition) is 3. The van der Waals surface area contributed by atoms with Crippen LogP contribution >= 0.6 is 11.6 Å². The summed E-state index contributed by atoms with van der Waals surface area (Å²) >= 11 is 5.78. The summed E-state index contributed by atoms with van der Waals surface area (Å²) in [6.07, 6.45) is 1.19. The van der Waals surface area contributed by atoms with Gasteiger partial charge in [0.2, 0.25) is 0 Å². The summed E-state index contributed by atoms with van der Waals surface area (Å²) in [7, 11) is -2.95. The molecule has 0 saturated carbocycles. The first-order valence-corrected chi connectivity index (χ1v) is 6.20. The van der Waals surface area contributed by atoms with Gasteiger partial charge in [-0.25, -0.2) is 8.42 Å². The van der Waals surface area contributed by atoms with Gasteiger partial charge in [0.1, 0.15) is 15.0 Å². The molecule has 0 radical (unpaired) electrons. The van der Waals surface area contributed by atoms with E-state index in [1.54, 1.807) is 6.07 Å². The Kier molecular flexibility index (Phi) is 2.98. The van der Waals surface area contributed by atoms with Gasteiger partial charge < -0.3 is 0 Å². The van der Waals surface area contributed by atoms with Gasteiger partial charge >= 0.3 is 0 Å². The van der Waals surface area contributed by atoms with Crippen LogP contribution in [-0.2, 0) is 16.4 Å². The van der Waals surface area contributed by atoms with Crippen molar-refractivity contribution in [2.75, 3.05) is 12.0 Å². The van der Waals surface area contributed by atoms with E-state index in [0.717, 1.165) is 5.69 Å². The highest BCUT2D eigenvalue weighted by molar-refractivity contribution is 7.90. The summed E-state index contributed by atoms with van der Waals surface area (Å²) in [5.74, 6) is 0.0633. The Morgan fingerprint density at radius 3 is 2.62 bits per heavy atom. The maximum Gasteiger partial charge on any atom is 0.149 e. The molecule has 1 aromatic heterocycles. The van der Waals surface area contributed by atoms with E-state index in [4.69, 9.17) is 11.6 Å². The average Bonchev–Trinajstić information content (AvgIpc) is 2.24. The third-order valence-electron chi connectivity index (χ3n) is 1.53. The molecule has 0 amide bonds. The van der Waals surface area contributed by atoms with Crippen molar-refractivity contribution in [2.24, 2.45) is 0 Å². The summed E-state index contributed by atoms with van der Waals surface area (Å²) in [4.78, 5) is 0. The van der Waals surface area contributed by atoms with Gasteiger partial charge in [0, 0.05) is 6.26 Å². The van der Waals surface area contributed by atoms with Crippen LogP contribution in [0, 0.1) is 6.92 Å². The molecule has 0 aliphatic carbocycles. The van der Waals surface area contributed by atoms with Crippen molar-refractivity contribution in [1.29, 1.82) is 0 Å². The van der Waals surface area contributed by atoms with E-state index in [2.05, 4.69) is 5.10 Å². The van der Waals surface area contributed by atoms with Crippen LogP contribution in [0.15, 0.2) is 6.07 Å². The van der Waals surface area contributed by atoms with Crippen LogP contribution in [0.4, 0.5) is 0 Å². The standard InChI is InChI=1S/C7H11ClN2O2S/c1-6-5-7(8)10(9-6)3-4-13(2,11)12/h5H,3-4H2,1-2H3. The normalized spacial score (nSPS) is 11.9. The second kappa shape index (κ2) is 3.67. The van der Waals surface area contributed by atoms with E-state index in [9.17, 15) is 8.42 Å². The molecular weight excluding hydrogens is 212 g/mol. The Bertz CT molecular complexity index is 397. The predicted octanol–water partition coefficient (Wildman–Crippen LogP) is 0.890. The molecular formula is C7H11ClN2O2S. The van der Waals surface area contributed by atoms with Crippen LogP contribution in [0.1, 0.15) is 5.69 Å². The van der Waals surface area contributed by atoms with Crippen molar-refractivity contribution in [3.8, 4) is 0 Å². The molecule has 1 rings (SSSR count). The fourth-order valence-electron chi connectivity index (χ4n) is 0.923. The van der Waals surface area contributed by atoms with E-state index in [1.807, 2.05) is 6.92 Å². The molecule has 4 nitrogen and oxygen atoms in total. The number of rotatable bonds is 3. The molecule has 0 aliphatic heterocycles. The van der Waals surface area contributed by atoms with E-state index < -0.39 is 9.84 Å². The first-order chi connectivity index (χ1) is 5.88. The number of sulfone groups is 1. The van der Waals surface area contributed by atoms with Crippen LogP contribution < -0.4 is 0 Å². The van der Waals surface area contributed by atoms with Gasteiger partial charge in [-0.05, 0) is 13.0 Å². The minimum Gasteiger partial charge on any atom is -0.253 e. The quantitative estimate of drug-likeness (QED) is 0.763. The molecule has 0 saturated heterocycles. The summed E-state index contributed by atoms with van der Waals surface area (Å²) in [5, 5.41) is 4.51. The summed E-state index contributed by atoms with van der Waals surface area (Å²) in [6.45, 7) is 2.12. The molecule has 1 heterocycles. The van der Waals surface area contributed by atoms with Crippen molar-refractivity contribution in [3.05, 3.63) is 16.9 Å². The maximum absolute atomic E-state index is 10.8. The third kappa shape index (κ3) is 3.36. The van der Waals surface area contributed by atoms with Crippen molar-refractivity contribution < 1.29 is 8.42 Å². The number of aryl methyl sites for hydroxylation is 2. The molecule has 0 aliphatic rings. The van der Waals surface area contributed by atoms with Gasteiger partial charge in [-0.1, -0.05) is 11.6 Å². The highest BCUT2D eigenvalue weighted by Gasteiger charge is 2.06. The Hall–Kier alpha value is -0.550. The highest BCUT2D eigenvalue weighted by atomic mass is 35.5. The van der Waals surface area contributed by atoms with Crippen molar-refractivity contribution in [2.45, 2.75) is 13.5 Å². The molecule has 0 fully saturated rings. The Balaban J connectivity index is 2.70. The summed E-state index contributed by atoms with van der Waals surface area (Å²) < 4.78 is 23.2. The average molecular weight is 223 g/mol. The van der Waals surface area contributed by atoms with Gasteiger partial charge in [-0.2, -0.15) is 5.10 Å². The molecule has 0 bridgehead atoms. The van der Waals surface area contributed by atoms with E-state index in [-0.39, 0.29) is 5.75 Å². The molecule has 1 aromatic rings. The zero-order chi connectivity index (χ0) is 10.1. The molecule has 13 heavy (non-hydrogen) atoms.